The van der Waals surface area contributed by atoms with E-state index in [1.807, 2.05) is 0 Å². The zero-order chi connectivity index (χ0) is 19.1. The van der Waals surface area contributed by atoms with Gasteiger partial charge in [-0.05, 0) is 58.5 Å². The minimum Gasteiger partial charge on any atom is -0.464 e. The van der Waals surface area contributed by atoms with Gasteiger partial charge in [0.1, 0.15) is 11.5 Å². The van der Waals surface area contributed by atoms with Gasteiger partial charge in [-0.15, -0.1) is 23.7 Å². The largest absolute Gasteiger partial charge is 0.464 e. The van der Waals surface area contributed by atoms with Crippen LogP contribution in [-0.2, 0) is 14.3 Å². The second-order valence-corrected chi connectivity index (χ2v) is 8.21. The maximum absolute atomic E-state index is 12.5. The molecule has 2 aliphatic rings. The van der Waals surface area contributed by atoms with Crippen LogP contribution in [0.5, 0.6) is 0 Å². The number of hydrogen-bond acceptors (Lipinski definition) is 7. The summed E-state index contributed by atoms with van der Waals surface area (Å²) >= 11 is 1.53. The van der Waals surface area contributed by atoms with E-state index in [1.54, 1.807) is 13.1 Å². The quantitative estimate of drug-likeness (QED) is 0.645. The molecule has 2 fully saturated rings. The molecule has 0 bridgehead atoms. The van der Waals surface area contributed by atoms with E-state index in [2.05, 4.69) is 15.6 Å². The Morgan fingerprint density at radius 3 is 2.61 bits per heavy atom. The number of hydrogen-bond donors (Lipinski definition) is 2. The molecular formula is C19H30ClN3O4S. The van der Waals surface area contributed by atoms with Crippen LogP contribution in [0.25, 0.3) is 0 Å². The second-order valence-electron chi connectivity index (χ2n) is 7.15. The van der Waals surface area contributed by atoms with Crippen LogP contribution in [0.3, 0.4) is 0 Å². The Balaban J connectivity index is 0.00000280. The third-order valence-corrected chi connectivity index (χ3v) is 6.35. The summed E-state index contributed by atoms with van der Waals surface area (Å²) in [6.45, 7) is 4.21. The summed E-state index contributed by atoms with van der Waals surface area (Å²) in [5.41, 5.74) is 0. The van der Waals surface area contributed by atoms with Crippen molar-refractivity contribution in [1.29, 1.82) is 0 Å². The monoisotopic (exact) mass is 431 g/mol. The van der Waals surface area contributed by atoms with E-state index >= 15 is 0 Å². The Bertz CT molecular complexity index is 628. The Morgan fingerprint density at radius 2 is 1.93 bits per heavy atom. The molecule has 0 unspecified atom stereocenters. The normalized spacial score (nSPS) is 22.9. The molecule has 0 radical (unpaired) electrons. The lowest BCUT2D eigenvalue weighted by atomic mass is 9.93. The third kappa shape index (κ3) is 6.69. The van der Waals surface area contributed by atoms with Gasteiger partial charge >= 0.3 is 5.97 Å². The summed E-state index contributed by atoms with van der Waals surface area (Å²) < 4.78 is 10.5. The SMILES string of the molecule is CCOC(=O)CO[C@H]1CC[C@H](NC(=O)c2cnc(C3CCNCC3)s2)CC1.Cl. The van der Waals surface area contributed by atoms with E-state index in [1.165, 1.54) is 11.3 Å². The van der Waals surface area contributed by atoms with E-state index in [4.69, 9.17) is 9.47 Å². The van der Waals surface area contributed by atoms with E-state index < -0.39 is 0 Å². The fourth-order valence-corrected chi connectivity index (χ4v) is 4.66. The highest BCUT2D eigenvalue weighted by molar-refractivity contribution is 7.13. The molecule has 158 valence electrons. The van der Waals surface area contributed by atoms with Gasteiger partial charge in [-0.3, -0.25) is 4.79 Å². The van der Waals surface area contributed by atoms with Crippen LogP contribution < -0.4 is 10.6 Å². The van der Waals surface area contributed by atoms with E-state index in [-0.39, 0.29) is 43.0 Å². The van der Waals surface area contributed by atoms with Crippen molar-refractivity contribution in [3.8, 4) is 0 Å². The summed E-state index contributed by atoms with van der Waals surface area (Å²) in [5.74, 6) is 0.135. The molecule has 2 N–H and O–H groups in total. The predicted molar refractivity (Wildman–Crippen MR) is 110 cm³/mol. The maximum Gasteiger partial charge on any atom is 0.332 e. The average Bonchev–Trinajstić information content (AvgIpc) is 3.19. The van der Waals surface area contributed by atoms with Gasteiger partial charge in [0.2, 0.25) is 0 Å². The summed E-state index contributed by atoms with van der Waals surface area (Å²) in [7, 11) is 0. The number of esters is 1. The molecule has 0 spiro atoms. The highest BCUT2D eigenvalue weighted by Gasteiger charge is 2.25. The predicted octanol–water partition coefficient (Wildman–Crippen LogP) is 2.65. The zero-order valence-electron chi connectivity index (χ0n) is 16.3. The Labute approximate surface area is 176 Å². The van der Waals surface area contributed by atoms with Crippen molar-refractivity contribution in [3.63, 3.8) is 0 Å². The van der Waals surface area contributed by atoms with Crippen molar-refractivity contribution >= 4 is 35.6 Å². The molecule has 9 heteroatoms. The van der Waals surface area contributed by atoms with Crippen molar-refractivity contribution in [2.45, 2.75) is 63.5 Å². The van der Waals surface area contributed by atoms with Crippen molar-refractivity contribution < 1.29 is 19.1 Å². The number of halogens is 1. The standard InChI is InChI=1S/C19H29N3O4S.ClH/c1-2-25-17(23)12-26-15-5-3-14(4-6-15)22-18(24)16-11-21-19(27-16)13-7-9-20-10-8-13;/h11,13-15,20H,2-10,12H2,1H3,(H,22,24);1H/t14-,15-;. The van der Waals surface area contributed by atoms with Crippen LogP contribution in [0.4, 0.5) is 0 Å². The number of amides is 1. The number of ether oxygens (including phenoxy) is 2. The molecule has 28 heavy (non-hydrogen) atoms. The Morgan fingerprint density at radius 1 is 1.21 bits per heavy atom. The molecule has 0 aromatic carbocycles. The molecular weight excluding hydrogens is 402 g/mol. The smallest absolute Gasteiger partial charge is 0.332 e. The topological polar surface area (TPSA) is 89.5 Å². The first kappa shape index (κ1) is 23.1. The fourth-order valence-electron chi connectivity index (χ4n) is 3.67. The first-order valence-electron chi connectivity index (χ1n) is 9.90. The summed E-state index contributed by atoms with van der Waals surface area (Å²) in [6.07, 6.45) is 7.36. The van der Waals surface area contributed by atoms with Gasteiger partial charge in [0.05, 0.1) is 23.9 Å². The Kier molecular flexibility index (Phi) is 9.64. The fraction of sp³-hybridized carbons (Fsp3) is 0.737. The zero-order valence-corrected chi connectivity index (χ0v) is 17.9. The number of carbonyl (C=O) groups is 2. The van der Waals surface area contributed by atoms with Crippen molar-refractivity contribution in [1.82, 2.24) is 15.6 Å². The third-order valence-electron chi connectivity index (χ3n) is 5.19. The number of piperidine rings is 1. The number of aromatic nitrogens is 1. The first-order valence-corrected chi connectivity index (χ1v) is 10.7. The van der Waals surface area contributed by atoms with Crippen LogP contribution in [0.2, 0.25) is 0 Å². The van der Waals surface area contributed by atoms with Gasteiger partial charge in [-0.1, -0.05) is 0 Å². The number of thiazole rings is 1. The lowest BCUT2D eigenvalue weighted by molar-refractivity contribution is -0.151. The van der Waals surface area contributed by atoms with Gasteiger partial charge in [-0.25, -0.2) is 9.78 Å². The van der Waals surface area contributed by atoms with Gasteiger partial charge in [0.25, 0.3) is 5.91 Å². The van der Waals surface area contributed by atoms with Gasteiger partial charge < -0.3 is 20.1 Å². The number of rotatable bonds is 7. The molecule has 3 rings (SSSR count). The van der Waals surface area contributed by atoms with Crippen LogP contribution in [0.1, 0.15) is 66.0 Å². The molecule has 1 aromatic rings. The van der Waals surface area contributed by atoms with Crippen molar-refractivity contribution in [3.05, 3.63) is 16.1 Å². The number of carbonyl (C=O) groups excluding carboxylic acids is 2. The second kappa shape index (κ2) is 11.7. The molecule has 0 atom stereocenters. The van der Waals surface area contributed by atoms with E-state index in [0.717, 1.165) is 56.6 Å². The molecule has 1 aromatic heterocycles. The minimum atomic E-state index is -0.317. The van der Waals surface area contributed by atoms with E-state index in [9.17, 15) is 9.59 Å². The molecule has 1 aliphatic carbocycles. The molecule has 1 saturated heterocycles. The molecule has 7 nitrogen and oxygen atoms in total. The highest BCUT2D eigenvalue weighted by Crippen LogP contribution is 2.29. The molecule has 1 saturated carbocycles. The maximum atomic E-state index is 12.5. The average molecular weight is 432 g/mol. The lowest BCUT2D eigenvalue weighted by Crippen LogP contribution is -2.39. The summed E-state index contributed by atoms with van der Waals surface area (Å²) in [6, 6.07) is 0.157. The van der Waals surface area contributed by atoms with Crippen LogP contribution in [0, 0.1) is 0 Å². The minimum absolute atomic E-state index is 0. The van der Waals surface area contributed by atoms with Gasteiger partial charge in [0, 0.05) is 12.0 Å². The van der Waals surface area contributed by atoms with E-state index in [0.29, 0.717) is 17.4 Å². The molecule has 1 aliphatic heterocycles. The van der Waals surface area contributed by atoms with Crippen LogP contribution >= 0.6 is 23.7 Å². The van der Waals surface area contributed by atoms with Crippen molar-refractivity contribution in [2.75, 3.05) is 26.3 Å². The number of nitrogens with one attached hydrogen (secondary N) is 2. The highest BCUT2D eigenvalue weighted by atomic mass is 35.5. The summed E-state index contributed by atoms with van der Waals surface area (Å²) in [5, 5.41) is 7.57. The molecule has 2 heterocycles. The van der Waals surface area contributed by atoms with Crippen molar-refractivity contribution in [2.24, 2.45) is 0 Å². The lowest BCUT2D eigenvalue weighted by Gasteiger charge is -2.28. The molecule has 1 amide bonds. The number of nitrogens with zero attached hydrogens (tertiary/aromatic N) is 1. The van der Waals surface area contributed by atoms with Gasteiger partial charge in [-0.2, -0.15) is 0 Å². The Hall–Kier alpha value is -1.22. The van der Waals surface area contributed by atoms with Crippen LogP contribution in [-0.4, -0.2) is 55.3 Å². The first-order chi connectivity index (χ1) is 13.2. The van der Waals surface area contributed by atoms with Crippen LogP contribution in [0.15, 0.2) is 6.20 Å². The van der Waals surface area contributed by atoms with Gasteiger partial charge in [0.15, 0.2) is 0 Å². The summed E-state index contributed by atoms with van der Waals surface area (Å²) in [4.78, 5) is 29.1.